The normalized spacial score (nSPS) is 23.5. The first kappa shape index (κ1) is 28.0. The maximum Gasteiger partial charge on any atom is 0.269 e. The van der Waals surface area contributed by atoms with E-state index in [1.165, 1.54) is 12.0 Å². The van der Waals surface area contributed by atoms with Crippen molar-refractivity contribution in [1.82, 2.24) is 14.9 Å². The first-order valence-electron chi connectivity index (χ1n) is 15.1. The lowest BCUT2D eigenvalue weighted by molar-refractivity contribution is -0.139. The molecule has 0 spiro atoms. The SMILES string of the molecule is Cc1cccc(C)c1-c1cc2nc(n1)N[S+]([O-])c1cccc(c1)CCC1CCN(C(=O)C3CCCCC3)C[C@@H]1CO2. The minimum absolute atomic E-state index is 0.179. The molecule has 216 valence electrons. The number of fused-ring (bicyclic) bond motifs is 5. The minimum Gasteiger partial charge on any atom is -0.588 e. The van der Waals surface area contributed by atoms with Gasteiger partial charge in [0, 0.05) is 36.6 Å². The van der Waals surface area contributed by atoms with E-state index in [1.54, 1.807) is 0 Å². The molecule has 1 N–H and O–H groups in total. The number of carbonyl (C=O) groups is 1. The number of likely N-dealkylation sites (tertiary alicyclic amines) is 1. The summed E-state index contributed by atoms with van der Waals surface area (Å²) in [6.07, 6.45) is 8.50. The molecule has 4 bridgehead atoms. The average molecular weight is 573 g/mol. The van der Waals surface area contributed by atoms with Gasteiger partial charge in [-0.1, -0.05) is 49.6 Å². The fourth-order valence-electron chi connectivity index (χ4n) is 6.85. The van der Waals surface area contributed by atoms with Crippen molar-refractivity contribution >= 4 is 23.2 Å². The fraction of sp³-hybridized carbons (Fsp3) is 0.485. The molecule has 3 aromatic rings. The molecule has 1 aliphatic carbocycles. The summed E-state index contributed by atoms with van der Waals surface area (Å²) in [6, 6.07) is 16.0. The van der Waals surface area contributed by atoms with Gasteiger partial charge in [-0.15, -0.1) is 0 Å². The Morgan fingerprint density at radius 3 is 2.56 bits per heavy atom. The van der Waals surface area contributed by atoms with E-state index in [1.807, 2.05) is 30.3 Å². The van der Waals surface area contributed by atoms with Gasteiger partial charge in [0.25, 0.3) is 5.95 Å². The Kier molecular flexibility index (Phi) is 8.49. The number of carbonyl (C=O) groups excluding carboxylic acids is 1. The predicted molar refractivity (Wildman–Crippen MR) is 162 cm³/mol. The van der Waals surface area contributed by atoms with Crippen molar-refractivity contribution in [3.8, 4) is 17.1 Å². The zero-order valence-electron chi connectivity index (χ0n) is 24.1. The molecule has 41 heavy (non-hydrogen) atoms. The maximum absolute atomic E-state index is 13.5. The number of benzene rings is 2. The lowest BCUT2D eigenvalue weighted by Gasteiger charge is -2.40. The van der Waals surface area contributed by atoms with Crippen LogP contribution >= 0.6 is 0 Å². The van der Waals surface area contributed by atoms with Crippen LogP contribution in [0.2, 0.25) is 0 Å². The molecular weight excluding hydrogens is 532 g/mol. The number of hydrogen-bond donors (Lipinski definition) is 1. The summed E-state index contributed by atoms with van der Waals surface area (Å²) in [5, 5.41) is 0. The van der Waals surface area contributed by atoms with E-state index in [-0.39, 0.29) is 17.8 Å². The molecule has 3 heterocycles. The number of nitrogens with one attached hydrogen (secondary N) is 1. The van der Waals surface area contributed by atoms with Gasteiger partial charge in [-0.05, 0) is 80.7 Å². The van der Waals surface area contributed by atoms with E-state index in [4.69, 9.17) is 9.72 Å². The van der Waals surface area contributed by atoms with E-state index in [0.717, 1.165) is 80.4 Å². The number of hydrogen-bond acceptors (Lipinski definition) is 6. The molecule has 1 saturated carbocycles. The van der Waals surface area contributed by atoms with Crippen LogP contribution in [-0.4, -0.2) is 45.0 Å². The molecular formula is C33H40N4O3S. The monoisotopic (exact) mass is 572 g/mol. The van der Waals surface area contributed by atoms with Gasteiger partial charge in [-0.2, -0.15) is 9.71 Å². The van der Waals surface area contributed by atoms with E-state index < -0.39 is 11.4 Å². The average Bonchev–Trinajstić information content (AvgIpc) is 2.99. The van der Waals surface area contributed by atoms with E-state index >= 15 is 0 Å². The molecule has 2 aromatic carbocycles. The summed E-state index contributed by atoms with van der Waals surface area (Å²) in [7, 11) is 0. The van der Waals surface area contributed by atoms with Gasteiger partial charge in [-0.3, -0.25) is 4.79 Å². The summed E-state index contributed by atoms with van der Waals surface area (Å²) >= 11 is -1.51. The molecule has 8 heteroatoms. The Balaban J connectivity index is 1.33. The van der Waals surface area contributed by atoms with E-state index in [2.05, 4.69) is 46.7 Å². The second-order valence-corrected chi connectivity index (χ2v) is 13.2. The number of aromatic nitrogens is 2. The second-order valence-electron chi connectivity index (χ2n) is 12.0. The third-order valence-corrected chi connectivity index (χ3v) is 10.2. The molecule has 2 aliphatic heterocycles. The van der Waals surface area contributed by atoms with Crippen LogP contribution in [0.25, 0.3) is 11.3 Å². The highest BCUT2D eigenvalue weighted by Crippen LogP contribution is 2.34. The molecule has 7 nitrogen and oxygen atoms in total. The first-order chi connectivity index (χ1) is 19.9. The van der Waals surface area contributed by atoms with Crippen LogP contribution in [-0.2, 0) is 22.6 Å². The number of nitrogens with zero attached hydrogens (tertiary/aromatic N) is 3. The molecule has 1 aromatic heterocycles. The van der Waals surface area contributed by atoms with Crippen LogP contribution in [0.5, 0.6) is 5.88 Å². The van der Waals surface area contributed by atoms with Crippen molar-refractivity contribution in [2.45, 2.75) is 70.1 Å². The topological polar surface area (TPSA) is 90.4 Å². The Hall–Kier alpha value is -3.10. The van der Waals surface area contributed by atoms with Gasteiger partial charge in [0.1, 0.15) is 11.4 Å². The van der Waals surface area contributed by atoms with Gasteiger partial charge in [0.15, 0.2) is 4.90 Å². The second kappa shape index (κ2) is 12.4. The lowest BCUT2D eigenvalue weighted by atomic mass is 9.80. The van der Waals surface area contributed by atoms with Crippen LogP contribution in [0.4, 0.5) is 5.95 Å². The Labute approximate surface area is 246 Å². The highest BCUT2D eigenvalue weighted by atomic mass is 32.2. The summed E-state index contributed by atoms with van der Waals surface area (Å²) < 4.78 is 22.8. The van der Waals surface area contributed by atoms with Gasteiger partial charge >= 0.3 is 0 Å². The van der Waals surface area contributed by atoms with Crippen molar-refractivity contribution in [2.75, 3.05) is 24.4 Å². The van der Waals surface area contributed by atoms with Gasteiger partial charge in [0.05, 0.1) is 12.3 Å². The molecule has 2 unspecified atom stereocenters. The van der Waals surface area contributed by atoms with Gasteiger partial charge in [0.2, 0.25) is 11.8 Å². The fourth-order valence-corrected chi connectivity index (χ4v) is 7.69. The first-order valence-corrected chi connectivity index (χ1v) is 16.2. The minimum atomic E-state index is -1.51. The largest absolute Gasteiger partial charge is 0.588 e. The molecule has 1 amide bonds. The highest BCUT2D eigenvalue weighted by molar-refractivity contribution is 7.92. The zero-order chi connectivity index (χ0) is 28.3. The zero-order valence-corrected chi connectivity index (χ0v) is 24.9. The molecule has 3 aliphatic rings. The summed E-state index contributed by atoms with van der Waals surface area (Å²) in [5.74, 6) is 1.89. The lowest BCUT2D eigenvalue weighted by Crippen LogP contribution is -2.48. The molecule has 0 radical (unpaired) electrons. The van der Waals surface area contributed by atoms with E-state index in [0.29, 0.717) is 29.2 Å². The van der Waals surface area contributed by atoms with Crippen LogP contribution in [0, 0.1) is 31.6 Å². The molecule has 2 fully saturated rings. The Morgan fingerprint density at radius 1 is 0.976 bits per heavy atom. The quantitative estimate of drug-likeness (QED) is 0.364. The van der Waals surface area contributed by atoms with Gasteiger partial charge in [-0.25, -0.2) is 4.98 Å². The number of rotatable bonds is 2. The summed E-state index contributed by atoms with van der Waals surface area (Å²) in [4.78, 5) is 25.7. The molecule has 6 rings (SSSR count). The third-order valence-electron chi connectivity index (χ3n) is 9.14. The standard InChI is InChI=1S/C33H40N4O3S/c1-22-8-6-9-23(2)31(22)29-19-30-35-33(34-29)36-41(39)28-13-7-10-24(18-28)14-15-25-16-17-37(20-27(25)21-40-30)32(38)26-11-4-3-5-12-26/h6-10,13,18-19,25-27H,3-5,11-12,14-17,20-21H2,1-2H3,(H,34,35,36)/t25?,27-,41?/m1/s1. The van der Waals surface area contributed by atoms with Crippen LogP contribution in [0.1, 0.15) is 61.6 Å². The highest BCUT2D eigenvalue weighted by Gasteiger charge is 2.35. The molecule has 1 saturated heterocycles. The Morgan fingerprint density at radius 2 is 1.76 bits per heavy atom. The van der Waals surface area contributed by atoms with Crippen LogP contribution in [0.3, 0.4) is 0 Å². The number of piperidine rings is 1. The Bertz CT molecular complexity index is 1370. The number of anilines is 1. The van der Waals surface area contributed by atoms with E-state index in [9.17, 15) is 9.35 Å². The summed E-state index contributed by atoms with van der Waals surface area (Å²) in [6.45, 7) is 6.16. The third kappa shape index (κ3) is 6.38. The number of ether oxygens (including phenoxy) is 1. The van der Waals surface area contributed by atoms with Crippen molar-refractivity contribution in [3.63, 3.8) is 0 Å². The van der Waals surface area contributed by atoms with Crippen molar-refractivity contribution in [2.24, 2.45) is 17.8 Å². The summed E-state index contributed by atoms with van der Waals surface area (Å²) in [5.41, 5.74) is 5.14. The van der Waals surface area contributed by atoms with Crippen molar-refractivity contribution in [1.29, 1.82) is 0 Å². The smallest absolute Gasteiger partial charge is 0.269 e. The molecule has 3 atom stereocenters. The van der Waals surface area contributed by atoms with Crippen LogP contribution in [0.15, 0.2) is 53.4 Å². The van der Waals surface area contributed by atoms with Crippen molar-refractivity contribution < 1.29 is 14.1 Å². The number of amides is 1. The van der Waals surface area contributed by atoms with Gasteiger partial charge < -0.3 is 14.2 Å². The maximum atomic E-state index is 13.5. The van der Waals surface area contributed by atoms with Crippen molar-refractivity contribution in [3.05, 3.63) is 65.2 Å². The van der Waals surface area contributed by atoms with Crippen LogP contribution < -0.4 is 9.46 Å². The predicted octanol–water partition coefficient (Wildman–Crippen LogP) is 6.27. The number of aryl methyl sites for hydroxylation is 3.